The molecule has 6 heteroatoms. The molecule has 2 N–H and O–H groups in total. The Morgan fingerprint density at radius 2 is 2.11 bits per heavy atom. The van der Waals surface area contributed by atoms with Gasteiger partial charge in [-0.05, 0) is 24.5 Å². The third-order valence-corrected chi connectivity index (χ3v) is 2.98. The van der Waals surface area contributed by atoms with Crippen LogP contribution in [0.4, 0.5) is 5.69 Å². The summed E-state index contributed by atoms with van der Waals surface area (Å²) in [6, 6.07) is 3.37. The molecule has 0 spiro atoms. The number of rotatable bonds is 5. The lowest BCUT2D eigenvalue weighted by atomic mass is 10.0. The Labute approximate surface area is 111 Å². The summed E-state index contributed by atoms with van der Waals surface area (Å²) < 4.78 is 0. The molecule has 0 heterocycles. The van der Waals surface area contributed by atoms with Crippen molar-refractivity contribution in [1.82, 2.24) is 5.32 Å². The van der Waals surface area contributed by atoms with Crippen LogP contribution in [0.15, 0.2) is 18.2 Å². The molecule has 19 heavy (non-hydrogen) atoms. The van der Waals surface area contributed by atoms with Crippen LogP contribution in [-0.2, 0) is 0 Å². The van der Waals surface area contributed by atoms with Crippen LogP contribution < -0.4 is 5.32 Å². The number of carbonyl (C=O) groups is 1. The lowest BCUT2D eigenvalue weighted by Crippen LogP contribution is -2.38. The first-order chi connectivity index (χ1) is 8.86. The minimum absolute atomic E-state index is 0.0607. The van der Waals surface area contributed by atoms with Gasteiger partial charge in [-0.15, -0.1) is 0 Å². The van der Waals surface area contributed by atoms with E-state index in [1.165, 1.54) is 6.07 Å². The number of nitro groups is 1. The van der Waals surface area contributed by atoms with Gasteiger partial charge in [-0.2, -0.15) is 0 Å². The quantitative estimate of drug-likeness (QED) is 0.632. The highest BCUT2D eigenvalue weighted by Gasteiger charge is 2.23. The molecule has 1 amide bonds. The molecule has 1 aromatic rings. The van der Waals surface area contributed by atoms with E-state index in [9.17, 15) is 20.0 Å². The number of aromatic hydroxyl groups is 1. The van der Waals surface area contributed by atoms with Gasteiger partial charge in [0.15, 0.2) is 0 Å². The van der Waals surface area contributed by atoms with Gasteiger partial charge in [-0.25, -0.2) is 0 Å². The second kappa shape index (κ2) is 6.17. The van der Waals surface area contributed by atoms with Crippen molar-refractivity contribution >= 4 is 11.6 Å². The Balaban J connectivity index is 3.05. The van der Waals surface area contributed by atoms with Gasteiger partial charge >= 0.3 is 0 Å². The average molecular weight is 266 g/mol. The smallest absolute Gasteiger partial charge is 0.282 e. The van der Waals surface area contributed by atoms with Gasteiger partial charge in [0.2, 0.25) is 0 Å². The SMILES string of the molecule is CCC(NC(=O)c1cc(O)ccc1[N+](=O)[O-])C(C)C. The summed E-state index contributed by atoms with van der Waals surface area (Å²) in [5.74, 6) is -0.484. The second-order valence-corrected chi connectivity index (χ2v) is 4.69. The lowest BCUT2D eigenvalue weighted by molar-refractivity contribution is -0.385. The van der Waals surface area contributed by atoms with E-state index in [1.807, 2.05) is 20.8 Å². The first-order valence-electron chi connectivity index (χ1n) is 6.15. The number of nitro benzene ring substituents is 1. The monoisotopic (exact) mass is 266 g/mol. The maximum absolute atomic E-state index is 12.1. The highest BCUT2D eigenvalue weighted by atomic mass is 16.6. The summed E-state index contributed by atoms with van der Waals surface area (Å²) in [5, 5.41) is 23.0. The van der Waals surface area contributed by atoms with E-state index in [-0.39, 0.29) is 29.0 Å². The van der Waals surface area contributed by atoms with Gasteiger partial charge in [-0.1, -0.05) is 20.8 Å². The minimum Gasteiger partial charge on any atom is -0.508 e. The first kappa shape index (κ1) is 14.9. The van der Waals surface area contributed by atoms with Crippen molar-refractivity contribution in [2.75, 3.05) is 0 Å². The fourth-order valence-corrected chi connectivity index (χ4v) is 1.85. The van der Waals surface area contributed by atoms with Crippen LogP contribution in [0.25, 0.3) is 0 Å². The predicted molar refractivity (Wildman–Crippen MR) is 71.1 cm³/mol. The van der Waals surface area contributed by atoms with Crippen LogP contribution in [0.3, 0.4) is 0 Å². The van der Waals surface area contributed by atoms with Crippen molar-refractivity contribution in [3.8, 4) is 5.75 Å². The number of nitrogens with one attached hydrogen (secondary N) is 1. The van der Waals surface area contributed by atoms with Gasteiger partial charge in [0.05, 0.1) is 4.92 Å². The number of benzene rings is 1. The maximum atomic E-state index is 12.1. The topological polar surface area (TPSA) is 92.5 Å². The number of hydrogen-bond acceptors (Lipinski definition) is 4. The third kappa shape index (κ3) is 3.67. The molecule has 1 aromatic carbocycles. The maximum Gasteiger partial charge on any atom is 0.282 e. The molecule has 0 fully saturated rings. The number of amides is 1. The molecule has 0 aliphatic heterocycles. The molecular weight excluding hydrogens is 248 g/mol. The molecule has 0 bridgehead atoms. The summed E-state index contributed by atoms with van der Waals surface area (Å²) in [6.07, 6.45) is 0.732. The standard InChI is InChI=1S/C13H18N2O4/c1-4-11(8(2)3)14-13(17)10-7-9(16)5-6-12(10)15(18)19/h5-8,11,16H,4H2,1-3H3,(H,14,17). The first-order valence-corrected chi connectivity index (χ1v) is 6.15. The highest BCUT2D eigenvalue weighted by molar-refractivity contribution is 5.98. The van der Waals surface area contributed by atoms with Gasteiger partial charge in [0.25, 0.3) is 11.6 Å². The molecule has 6 nitrogen and oxygen atoms in total. The zero-order chi connectivity index (χ0) is 14.6. The average Bonchev–Trinajstić information content (AvgIpc) is 2.34. The van der Waals surface area contributed by atoms with E-state index in [0.717, 1.165) is 18.6 Å². The van der Waals surface area contributed by atoms with Crippen molar-refractivity contribution in [3.63, 3.8) is 0 Å². The molecule has 0 saturated heterocycles. The van der Waals surface area contributed by atoms with Crippen LogP contribution in [0, 0.1) is 16.0 Å². The van der Waals surface area contributed by atoms with Crippen molar-refractivity contribution in [3.05, 3.63) is 33.9 Å². The number of carbonyl (C=O) groups excluding carboxylic acids is 1. The normalized spacial score (nSPS) is 12.2. The van der Waals surface area contributed by atoms with E-state index in [1.54, 1.807) is 0 Å². The highest BCUT2D eigenvalue weighted by Crippen LogP contribution is 2.23. The number of hydrogen-bond donors (Lipinski definition) is 2. The second-order valence-electron chi connectivity index (χ2n) is 4.69. The number of phenols is 1. The summed E-state index contributed by atoms with van der Waals surface area (Å²) in [4.78, 5) is 22.3. The zero-order valence-corrected chi connectivity index (χ0v) is 11.2. The Hall–Kier alpha value is -2.11. The van der Waals surface area contributed by atoms with Crippen molar-refractivity contribution in [2.45, 2.75) is 33.2 Å². The molecule has 1 atom stereocenters. The molecular formula is C13H18N2O4. The molecule has 0 aromatic heterocycles. The largest absolute Gasteiger partial charge is 0.508 e. The molecule has 1 unspecified atom stereocenters. The Morgan fingerprint density at radius 3 is 2.58 bits per heavy atom. The van der Waals surface area contributed by atoms with Crippen LogP contribution >= 0.6 is 0 Å². The van der Waals surface area contributed by atoms with Gasteiger partial charge in [0, 0.05) is 12.1 Å². The predicted octanol–water partition coefficient (Wildman–Crippen LogP) is 2.46. The molecule has 0 aliphatic carbocycles. The Kier molecular flexibility index (Phi) is 4.86. The van der Waals surface area contributed by atoms with Crippen molar-refractivity contribution < 1.29 is 14.8 Å². The Morgan fingerprint density at radius 1 is 1.47 bits per heavy atom. The summed E-state index contributed by atoms with van der Waals surface area (Å²) in [7, 11) is 0. The van der Waals surface area contributed by atoms with Gasteiger partial charge < -0.3 is 10.4 Å². The van der Waals surface area contributed by atoms with Gasteiger partial charge in [-0.3, -0.25) is 14.9 Å². The molecule has 1 rings (SSSR count). The van der Waals surface area contributed by atoms with Crippen LogP contribution in [-0.4, -0.2) is 22.0 Å². The van der Waals surface area contributed by atoms with E-state index in [4.69, 9.17) is 0 Å². The molecule has 0 aliphatic rings. The summed E-state index contributed by atoms with van der Waals surface area (Å²) in [6.45, 7) is 5.86. The lowest BCUT2D eigenvalue weighted by Gasteiger charge is -2.20. The third-order valence-electron chi connectivity index (χ3n) is 2.98. The van der Waals surface area contributed by atoms with Crippen molar-refractivity contribution in [2.24, 2.45) is 5.92 Å². The zero-order valence-electron chi connectivity index (χ0n) is 11.2. The van der Waals surface area contributed by atoms with E-state index >= 15 is 0 Å². The van der Waals surface area contributed by atoms with Crippen molar-refractivity contribution in [1.29, 1.82) is 0 Å². The molecule has 0 radical (unpaired) electrons. The fraction of sp³-hybridized carbons (Fsp3) is 0.462. The van der Waals surface area contributed by atoms with Crippen LogP contribution in [0.1, 0.15) is 37.6 Å². The van der Waals surface area contributed by atoms with E-state index < -0.39 is 10.8 Å². The minimum atomic E-state index is -0.634. The van der Waals surface area contributed by atoms with Gasteiger partial charge in [0.1, 0.15) is 11.3 Å². The fourth-order valence-electron chi connectivity index (χ4n) is 1.85. The number of nitrogens with zero attached hydrogens (tertiary/aromatic N) is 1. The van der Waals surface area contributed by atoms with Crippen LogP contribution in [0.2, 0.25) is 0 Å². The summed E-state index contributed by atoms with van der Waals surface area (Å²) >= 11 is 0. The summed E-state index contributed by atoms with van der Waals surface area (Å²) in [5.41, 5.74) is -0.432. The van der Waals surface area contributed by atoms with E-state index in [2.05, 4.69) is 5.32 Å². The molecule has 104 valence electrons. The Bertz CT molecular complexity index is 486. The van der Waals surface area contributed by atoms with Crippen LogP contribution in [0.5, 0.6) is 5.75 Å². The number of phenolic OH excluding ortho intramolecular Hbond substituents is 1. The van der Waals surface area contributed by atoms with E-state index in [0.29, 0.717) is 0 Å². The molecule has 0 saturated carbocycles.